The van der Waals surface area contributed by atoms with Crippen LogP contribution in [-0.4, -0.2) is 18.6 Å². The summed E-state index contributed by atoms with van der Waals surface area (Å²) in [5, 5.41) is 0. The van der Waals surface area contributed by atoms with E-state index in [0.717, 1.165) is 24.2 Å². The van der Waals surface area contributed by atoms with Crippen LogP contribution in [0.15, 0.2) is 24.4 Å². The van der Waals surface area contributed by atoms with Crippen molar-refractivity contribution in [3.63, 3.8) is 0 Å². The Morgan fingerprint density at radius 2 is 2.00 bits per heavy atom. The summed E-state index contributed by atoms with van der Waals surface area (Å²) in [5.74, 6) is -1.91. The van der Waals surface area contributed by atoms with Crippen LogP contribution in [0.4, 0.5) is 14.5 Å². The minimum absolute atomic E-state index is 0.0715. The van der Waals surface area contributed by atoms with Crippen molar-refractivity contribution in [3.8, 4) is 5.75 Å². The van der Waals surface area contributed by atoms with Gasteiger partial charge >= 0.3 is 0 Å². The number of ether oxygens (including phenoxy) is 1. The third-order valence-electron chi connectivity index (χ3n) is 3.80. The van der Waals surface area contributed by atoms with Gasteiger partial charge in [-0.2, -0.15) is 4.39 Å². The predicted molar refractivity (Wildman–Crippen MR) is 76.6 cm³/mol. The van der Waals surface area contributed by atoms with E-state index in [1.165, 1.54) is 24.8 Å². The van der Waals surface area contributed by atoms with Gasteiger partial charge in [0.05, 0.1) is 7.11 Å². The Labute approximate surface area is 122 Å². The predicted octanol–water partition coefficient (Wildman–Crippen LogP) is 3.24. The Morgan fingerprint density at radius 3 is 2.76 bits per heavy atom. The van der Waals surface area contributed by atoms with Crippen LogP contribution in [0.1, 0.15) is 16.8 Å². The molecule has 110 valence electrons. The summed E-state index contributed by atoms with van der Waals surface area (Å²) in [6.07, 6.45) is 2.72. The molecule has 1 aromatic heterocycles. The van der Waals surface area contributed by atoms with Gasteiger partial charge in [0.15, 0.2) is 11.6 Å². The van der Waals surface area contributed by atoms with Crippen LogP contribution in [0.3, 0.4) is 0 Å². The monoisotopic (exact) mass is 290 g/mol. The Morgan fingerprint density at radius 1 is 1.19 bits per heavy atom. The first-order valence-electron chi connectivity index (χ1n) is 6.81. The number of methoxy groups -OCH3 is 1. The summed E-state index contributed by atoms with van der Waals surface area (Å²) in [6, 6.07) is 4.83. The van der Waals surface area contributed by atoms with E-state index in [0.29, 0.717) is 12.2 Å². The van der Waals surface area contributed by atoms with Crippen molar-refractivity contribution in [1.82, 2.24) is 4.98 Å². The van der Waals surface area contributed by atoms with Gasteiger partial charge in [-0.15, -0.1) is 0 Å². The maximum atomic E-state index is 13.6. The molecule has 3 nitrogen and oxygen atoms in total. The van der Waals surface area contributed by atoms with Gasteiger partial charge in [-0.1, -0.05) is 0 Å². The number of benzene rings is 1. The lowest BCUT2D eigenvalue weighted by atomic mass is 10.0. The van der Waals surface area contributed by atoms with E-state index >= 15 is 0 Å². The average Bonchev–Trinajstić information content (AvgIpc) is 2.49. The first kappa shape index (κ1) is 13.8. The zero-order chi connectivity index (χ0) is 15.0. The molecule has 21 heavy (non-hydrogen) atoms. The largest absolute Gasteiger partial charge is 0.493 e. The number of hydrogen-bond acceptors (Lipinski definition) is 3. The summed E-state index contributed by atoms with van der Waals surface area (Å²) in [4.78, 5) is 6.30. The molecule has 0 N–H and O–H groups in total. The molecule has 1 aliphatic heterocycles. The lowest BCUT2D eigenvalue weighted by Crippen LogP contribution is -2.30. The van der Waals surface area contributed by atoms with E-state index in [9.17, 15) is 8.78 Å². The summed E-state index contributed by atoms with van der Waals surface area (Å²) in [6.45, 7) is 3.36. The third kappa shape index (κ3) is 2.55. The van der Waals surface area contributed by atoms with Gasteiger partial charge < -0.3 is 9.64 Å². The molecular weight excluding hydrogens is 274 g/mol. The molecule has 5 heteroatoms. The highest BCUT2D eigenvalue weighted by Crippen LogP contribution is 2.30. The van der Waals surface area contributed by atoms with E-state index < -0.39 is 11.6 Å². The van der Waals surface area contributed by atoms with Crippen molar-refractivity contribution >= 4 is 5.69 Å². The molecule has 0 bridgehead atoms. The Kier molecular flexibility index (Phi) is 3.49. The maximum absolute atomic E-state index is 13.6. The van der Waals surface area contributed by atoms with Crippen LogP contribution >= 0.6 is 0 Å². The highest BCUT2D eigenvalue weighted by molar-refractivity contribution is 5.53. The fraction of sp³-hybridized carbons (Fsp3) is 0.312. The Bertz CT molecular complexity index is 688. The molecule has 0 radical (unpaired) electrons. The zero-order valence-electron chi connectivity index (χ0n) is 12.0. The van der Waals surface area contributed by atoms with Crippen molar-refractivity contribution in [3.05, 3.63) is 52.9 Å². The highest BCUT2D eigenvalue weighted by atomic mass is 19.2. The smallest absolute Gasteiger partial charge is 0.200 e. The van der Waals surface area contributed by atoms with Gasteiger partial charge in [-0.05, 0) is 30.5 Å². The van der Waals surface area contributed by atoms with Gasteiger partial charge in [0.1, 0.15) is 0 Å². The molecule has 0 unspecified atom stereocenters. The van der Waals surface area contributed by atoms with E-state index in [1.54, 1.807) is 0 Å². The van der Waals surface area contributed by atoms with E-state index in [2.05, 4.69) is 11.1 Å². The number of pyridine rings is 1. The molecule has 0 aliphatic carbocycles. The van der Waals surface area contributed by atoms with Gasteiger partial charge in [0.25, 0.3) is 0 Å². The van der Waals surface area contributed by atoms with Gasteiger partial charge in [-0.25, -0.2) is 4.39 Å². The molecule has 1 aliphatic rings. The van der Waals surface area contributed by atoms with Crippen molar-refractivity contribution < 1.29 is 13.5 Å². The van der Waals surface area contributed by atoms with E-state index in [-0.39, 0.29) is 5.75 Å². The average molecular weight is 290 g/mol. The number of aryl methyl sites for hydroxylation is 1. The number of halogens is 2. The normalized spacial score (nSPS) is 14.0. The second kappa shape index (κ2) is 5.31. The molecule has 0 fully saturated rings. The standard InChI is InChI=1S/C16H16F2N2O/c1-10-5-11-3-4-20(9-12(11)8-19-10)13-6-14(17)16(18)15(7-13)21-2/h5-8H,3-4,9H2,1-2H3. The number of hydrogen-bond donors (Lipinski definition) is 0. The van der Waals surface area contributed by atoms with Crippen LogP contribution in [0.5, 0.6) is 5.75 Å². The molecule has 1 aromatic carbocycles. The SMILES string of the molecule is COc1cc(N2CCc3cc(C)ncc3C2)cc(F)c1F. The number of nitrogens with zero attached hydrogens (tertiary/aromatic N) is 2. The first-order chi connectivity index (χ1) is 10.1. The molecule has 0 spiro atoms. The van der Waals surface area contributed by atoms with Gasteiger partial charge in [0.2, 0.25) is 5.82 Å². The van der Waals surface area contributed by atoms with Crippen molar-refractivity contribution in [2.24, 2.45) is 0 Å². The van der Waals surface area contributed by atoms with E-state index in [4.69, 9.17) is 4.74 Å². The summed E-state index contributed by atoms with van der Waals surface area (Å²) >= 11 is 0. The molecular formula is C16H16F2N2O. The highest BCUT2D eigenvalue weighted by Gasteiger charge is 2.20. The zero-order valence-corrected chi connectivity index (χ0v) is 12.0. The van der Waals surface area contributed by atoms with Crippen LogP contribution < -0.4 is 9.64 Å². The lowest BCUT2D eigenvalue weighted by molar-refractivity contribution is 0.372. The second-order valence-corrected chi connectivity index (χ2v) is 5.21. The third-order valence-corrected chi connectivity index (χ3v) is 3.80. The molecule has 3 rings (SSSR count). The number of aromatic nitrogens is 1. The van der Waals surface area contributed by atoms with Gasteiger partial charge in [-0.3, -0.25) is 4.98 Å². The molecule has 0 saturated carbocycles. The van der Waals surface area contributed by atoms with Crippen LogP contribution in [0, 0.1) is 18.6 Å². The van der Waals surface area contributed by atoms with Crippen molar-refractivity contribution in [2.45, 2.75) is 19.9 Å². The molecule has 0 atom stereocenters. The quantitative estimate of drug-likeness (QED) is 0.849. The minimum atomic E-state index is -0.948. The summed E-state index contributed by atoms with van der Waals surface area (Å²) in [5.41, 5.74) is 4.01. The Hall–Kier alpha value is -2.17. The summed E-state index contributed by atoms with van der Waals surface area (Å²) < 4.78 is 32.0. The maximum Gasteiger partial charge on any atom is 0.200 e. The van der Waals surface area contributed by atoms with Crippen molar-refractivity contribution in [1.29, 1.82) is 0 Å². The molecule has 0 saturated heterocycles. The van der Waals surface area contributed by atoms with Crippen molar-refractivity contribution in [2.75, 3.05) is 18.6 Å². The van der Waals surface area contributed by atoms with Gasteiger partial charge in [0, 0.05) is 42.8 Å². The fourth-order valence-electron chi connectivity index (χ4n) is 2.66. The lowest BCUT2D eigenvalue weighted by Gasteiger charge is -2.31. The van der Waals surface area contributed by atoms with Crippen LogP contribution in [0.2, 0.25) is 0 Å². The molecule has 0 amide bonds. The van der Waals surface area contributed by atoms with E-state index in [1.807, 2.05) is 18.0 Å². The minimum Gasteiger partial charge on any atom is -0.493 e. The molecule has 2 aromatic rings. The van der Waals surface area contributed by atoms with Crippen LogP contribution in [0.25, 0.3) is 0 Å². The second-order valence-electron chi connectivity index (χ2n) is 5.21. The number of fused-ring (bicyclic) bond motifs is 1. The van der Waals surface area contributed by atoms with Crippen LogP contribution in [-0.2, 0) is 13.0 Å². The molecule has 2 heterocycles. The fourth-order valence-corrected chi connectivity index (χ4v) is 2.66. The number of anilines is 1. The summed E-state index contributed by atoms with van der Waals surface area (Å²) in [7, 11) is 1.33. The first-order valence-corrected chi connectivity index (χ1v) is 6.81. The Balaban J connectivity index is 1.93. The number of rotatable bonds is 2. The topological polar surface area (TPSA) is 25.4 Å².